The Labute approximate surface area is 130 Å². The Hall–Kier alpha value is -3.22. The van der Waals surface area contributed by atoms with Crippen molar-refractivity contribution in [3.05, 3.63) is 41.6 Å². The molecule has 0 fully saturated rings. The first-order chi connectivity index (χ1) is 11.3. The van der Waals surface area contributed by atoms with Crippen LogP contribution in [-0.4, -0.2) is 24.6 Å². The van der Waals surface area contributed by atoms with E-state index in [1.165, 1.54) is 0 Å². The van der Waals surface area contributed by atoms with E-state index in [2.05, 4.69) is 20.1 Å². The Morgan fingerprint density at radius 3 is 2.70 bits per heavy atom. The van der Waals surface area contributed by atoms with Crippen LogP contribution in [0.3, 0.4) is 0 Å². The summed E-state index contributed by atoms with van der Waals surface area (Å²) in [6, 6.07) is 7.16. The molecule has 7 nitrogen and oxygen atoms in total. The number of aromatic hydroxyl groups is 1. The Balaban J connectivity index is 2.15. The minimum atomic E-state index is 0.0534. The summed E-state index contributed by atoms with van der Waals surface area (Å²) in [5, 5.41) is 15.2. The van der Waals surface area contributed by atoms with Crippen molar-refractivity contribution >= 4 is 27.8 Å². The molecule has 114 valence electrons. The zero-order chi connectivity index (χ0) is 16.0. The van der Waals surface area contributed by atoms with Crippen LogP contribution in [0.5, 0.6) is 5.88 Å². The topological polar surface area (TPSA) is 96.2 Å². The van der Waals surface area contributed by atoms with Crippen LogP contribution in [0.2, 0.25) is 0 Å². The third-order valence-electron chi connectivity index (χ3n) is 3.99. The number of fused-ring (bicyclic) bond motifs is 2. The van der Waals surface area contributed by atoms with E-state index in [0.29, 0.717) is 34.5 Å². The lowest BCUT2D eigenvalue weighted by molar-refractivity contribution is 0.426. The van der Waals surface area contributed by atoms with E-state index in [1.54, 1.807) is 35.2 Å². The van der Waals surface area contributed by atoms with Crippen molar-refractivity contribution in [2.24, 2.45) is 5.18 Å². The first kappa shape index (κ1) is 13.4. The number of aromatic nitrogens is 4. The van der Waals surface area contributed by atoms with Gasteiger partial charge in [0.2, 0.25) is 5.88 Å². The Kier molecular flexibility index (Phi) is 2.87. The Bertz CT molecular complexity index is 1050. The van der Waals surface area contributed by atoms with Gasteiger partial charge in [0.25, 0.3) is 0 Å². The van der Waals surface area contributed by atoms with Crippen LogP contribution in [0, 0.1) is 4.91 Å². The van der Waals surface area contributed by atoms with Crippen LogP contribution >= 0.6 is 0 Å². The second kappa shape index (κ2) is 4.91. The molecule has 0 spiro atoms. The third-order valence-corrected chi connectivity index (χ3v) is 3.99. The van der Waals surface area contributed by atoms with Crippen molar-refractivity contribution in [3.8, 4) is 17.1 Å². The molecule has 0 saturated carbocycles. The van der Waals surface area contributed by atoms with E-state index in [-0.39, 0.29) is 11.6 Å². The van der Waals surface area contributed by atoms with Crippen LogP contribution in [0.1, 0.15) is 6.92 Å². The van der Waals surface area contributed by atoms with E-state index in [4.69, 9.17) is 0 Å². The van der Waals surface area contributed by atoms with Gasteiger partial charge in [-0.15, -0.1) is 4.91 Å². The molecular formula is C16H13N5O2. The van der Waals surface area contributed by atoms with Gasteiger partial charge >= 0.3 is 0 Å². The molecule has 0 amide bonds. The van der Waals surface area contributed by atoms with Crippen molar-refractivity contribution < 1.29 is 5.11 Å². The lowest BCUT2D eigenvalue weighted by Gasteiger charge is -2.01. The number of pyridine rings is 2. The minimum Gasteiger partial charge on any atom is -0.494 e. The average Bonchev–Trinajstić information content (AvgIpc) is 3.08. The third kappa shape index (κ3) is 1.76. The van der Waals surface area contributed by atoms with Gasteiger partial charge in [-0.1, -0.05) is 0 Å². The number of hydrogen-bond donors (Lipinski definition) is 2. The summed E-state index contributed by atoms with van der Waals surface area (Å²) in [4.78, 5) is 23.0. The molecule has 0 atom stereocenters. The Morgan fingerprint density at radius 2 is 1.96 bits per heavy atom. The Morgan fingerprint density at radius 1 is 1.22 bits per heavy atom. The number of aryl methyl sites for hydroxylation is 1. The molecule has 0 unspecified atom stereocenters. The standard InChI is InChI=1S/C16H13N5O2/c1-2-21-15-9(5-3-8-18-15)11(16(21)22)13-12(20-23)10-6-4-7-17-14(10)19-13/h3-8,22H,2H2,1H3,(H,17,19). The fourth-order valence-corrected chi connectivity index (χ4v) is 2.99. The second-order valence-corrected chi connectivity index (χ2v) is 5.16. The normalized spacial score (nSPS) is 11.3. The van der Waals surface area contributed by atoms with Crippen LogP contribution in [0.15, 0.2) is 41.8 Å². The van der Waals surface area contributed by atoms with E-state index in [1.807, 2.05) is 13.0 Å². The predicted molar refractivity (Wildman–Crippen MR) is 87.6 cm³/mol. The van der Waals surface area contributed by atoms with E-state index in [9.17, 15) is 10.0 Å². The molecule has 0 aliphatic carbocycles. The fraction of sp³-hybridized carbons (Fsp3) is 0.125. The van der Waals surface area contributed by atoms with Gasteiger partial charge in [-0.2, -0.15) is 0 Å². The number of H-pyrrole nitrogens is 1. The molecule has 2 N–H and O–H groups in total. The number of nitrogens with zero attached hydrogens (tertiary/aromatic N) is 4. The maximum Gasteiger partial charge on any atom is 0.203 e. The molecule has 0 saturated heterocycles. The van der Waals surface area contributed by atoms with Crippen LogP contribution in [-0.2, 0) is 6.54 Å². The van der Waals surface area contributed by atoms with Crippen molar-refractivity contribution in [2.75, 3.05) is 0 Å². The largest absolute Gasteiger partial charge is 0.494 e. The summed E-state index contributed by atoms with van der Waals surface area (Å²) in [6.45, 7) is 2.48. The maximum atomic E-state index is 11.4. The van der Waals surface area contributed by atoms with Gasteiger partial charge in [-0.3, -0.25) is 4.57 Å². The van der Waals surface area contributed by atoms with E-state index >= 15 is 0 Å². The summed E-state index contributed by atoms with van der Waals surface area (Å²) in [5.41, 5.74) is 2.42. The summed E-state index contributed by atoms with van der Waals surface area (Å²) >= 11 is 0. The molecule has 0 aromatic carbocycles. The fourth-order valence-electron chi connectivity index (χ4n) is 2.99. The summed E-state index contributed by atoms with van der Waals surface area (Å²) in [5.74, 6) is 0.0534. The van der Waals surface area contributed by atoms with Crippen LogP contribution < -0.4 is 0 Å². The molecule has 0 bridgehead atoms. The second-order valence-electron chi connectivity index (χ2n) is 5.16. The zero-order valence-electron chi connectivity index (χ0n) is 12.3. The number of hydrogen-bond acceptors (Lipinski definition) is 5. The number of aromatic amines is 1. The lowest BCUT2D eigenvalue weighted by Crippen LogP contribution is -1.93. The van der Waals surface area contributed by atoms with Crippen LogP contribution in [0.25, 0.3) is 33.3 Å². The van der Waals surface area contributed by atoms with Gasteiger partial charge in [0.15, 0.2) is 0 Å². The molecule has 4 aromatic heterocycles. The van der Waals surface area contributed by atoms with Gasteiger partial charge in [-0.25, -0.2) is 9.97 Å². The van der Waals surface area contributed by atoms with Gasteiger partial charge in [-0.05, 0) is 36.4 Å². The number of rotatable bonds is 3. The highest BCUT2D eigenvalue weighted by atomic mass is 16.3. The highest BCUT2D eigenvalue weighted by Crippen LogP contribution is 2.44. The molecule has 7 heteroatoms. The molecule has 23 heavy (non-hydrogen) atoms. The first-order valence-corrected chi connectivity index (χ1v) is 7.22. The molecule has 0 aliphatic heterocycles. The van der Waals surface area contributed by atoms with Gasteiger partial charge in [0, 0.05) is 29.7 Å². The zero-order valence-corrected chi connectivity index (χ0v) is 12.3. The molecule has 4 aromatic rings. The molecule has 4 rings (SSSR count). The summed E-state index contributed by atoms with van der Waals surface area (Å²) in [7, 11) is 0. The predicted octanol–water partition coefficient (Wildman–Crippen LogP) is 3.70. The molecular weight excluding hydrogens is 294 g/mol. The van der Waals surface area contributed by atoms with Gasteiger partial charge < -0.3 is 10.1 Å². The minimum absolute atomic E-state index is 0.0534. The van der Waals surface area contributed by atoms with Gasteiger partial charge in [0.05, 0.1) is 11.3 Å². The van der Waals surface area contributed by atoms with E-state index in [0.717, 1.165) is 5.39 Å². The van der Waals surface area contributed by atoms with Gasteiger partial charge in [0.1, 0.15) is 17.0 Å². The SMILES string of the molecule is CCn1c(O)c(-c2[nH]c3ncccc3c2N=O)c2cccnc21. The van der Waals surface area contributed by atoms with Crippen molar-refractivity contribution in [1.82, 2.24) is 19.5 Å². The summed E-state index contributed by atoms with van der Waals surface area (Å²) in [6.07, 6.45) is 3.30. The van der Waals surface area contributed by atoms with Crippen LogP contribution in [0.4, 0.5) is 5.69 Å². The number of nitrogens with one attached hydrogen (secondary N) is 1. The summed E-state index contributed by atoms with van der Waals surface area (Å²) < 4.78 is 1.69. The molecule has 0 aliphatic rings. The lowest BCUT2D eigenvalue weighted by atomic mass is 10.1. The van der Waals surface area contributed by atoms with E-state index < -0.39 is 0 Å². The molecule has 4 heterocycles. The highest BCUT2D eigenvalue weighted by molar-refractivity contribution is 6.06. The van der Waals surface area contributed by atoms with Crippen molar-refractivity contribution in [1.29, 1.82) is 0 Å². The molecule has 0 radical (unpaired) electrons. The monoisotopic (exact) mass is 307 g/mol. The van der Waals surface area contributed by atoms with Crippen molar-refractivity contribution in [2.45, 2.75) is 13.5 Å². The number of nitroso groups, excluding NO2 is 1. The van der Waals surface area contributed by atoms with Crippen molar-refractivity contribution in [3.63, 3.8) is 0 Å². The average molecular weight is 307 g/mol. The smallest absolute Gasteiger partial charge is 0.203 e. The highest BCUT2D eigenvalue weighted by Gasteiger charge is 2.24. The maximum absolute atomic E-state index is 11.4. The first-order valence-electron chi connectivity index (χ1n) is 7.22. The quantitative estimate of drug-likeness (QED) is 0.564.